The molecule has 0 aliphatic carbocycles. The molecule has 1 N–H and O–H groups in total. The third kappa shape index (κ3) is 1.90. The van der Waals surface area contributed by atoms with E-state index in [1.165, 1.54) is 5.56 Å². The molecule has 0 bridgehead atoms. The van der Waals surface area contributed by atoms with Crippen molar-refractivity contribution in [2.75, 3.05) is 0 Å². The number of fused-ring (bicyclic) bond motifs is 1. The van der Waals surface area contributed by atoms with E-state index in [9.17, 15) is 5.11 Å². The molecule has 1 nitrogen and oxygen atoms in total. The molecule has 0 saturated heterocycles. The lowest BCUT2D eigenvalue weighted by Crippen LogP contribution is -1.91. The highest BCUT2D eigenvalue weighted by Gasteiger charge is 2.08. The Hall–Kier alpha value is -1.50. The van der Waals surface area contributed by atoms with Crippen molar-refractivity contribution in [3.05, 3.63) is 41.5 Å². The van der Waals surface area contributed by atoms with Crippen LogP contribution >= 0.6 is 0 Å². The summed E-state index contributed by atoms with van der Waals surface area (Å²) in [7, 11) is 0. The predicted molar refractivity (Wildman–Crippen MR) is 69.0 cm³/mol. The molecule has 0 aliphatic heterocycles. The molecule has 2 aromatic rings. The average Bonchev–Trinajstić information content (AvgIpc) is 2.29. The van der Waals surface area contributed by atoms with E-state index in [0.29, 0.717) is 5.75 Å². The van der Waals surface area contributed by atoms with Crippen LogP contribution in [-0.2, 0) is 6.42 Å². The maximum Gasteiger partial charge on any atom is 0.126 e. The Kier molecular flexibility index (Phi) is 3.14. The number of aromatic hydroxyl groups is 1. The van der Waals surface area contributed by atoms with Gasteiger partial charge in [0, 0.05) is 5.39 Å². The summed E-state index contributed by atoms with van der Waals surface area (Å²) in [4.78, 5) is 0. The minimum Gasteiger partial charge on any atom is -0.507 e. The lowest BCUT2D eigenvalue weighted by atomic mass is 9.97. The van der Waals surface area contributed by atoms with Gasteiger partial charge < -0.3 is 5.11 Å². The van der Waals surface area contributed by atoms with Crippen molar-refractivity contribution in [3.63, 3.8) is 0 Å². The van der Waals surface area contributed by atoms with Crippen LogP contribution in [0.2, 0.25) is 0 Å². The van der Waals surface area contributed by atoms with E-state index in [1.54, 1.807) is 0 Å². The second kappa shape index (κ2) is 4.56. The average molecular weight is 214 g/mol. The van der Waals surface area contributed by atoms with Crippen molar-refractivity contribution in [1.82, 2.24) is 0 Å². The first kappa shape index (κ1) is 11.0. The minimum absolute atomic E-state index is 0.476. The first-order chi connectivity index (χ1) is 7.74. The van der Waals surface area contributed by atoms with Gasteiger partial charge in [-0.3, -0.25) is 0 Å². The fourth-order valence-corrected chi connectivity index (χ4v) is 2.18. The van der Waals surface area contributed by atoms with Crippen LogP contribution in [0.5, 0.6) is 5.75 Å². The van der Waals surface area contributed by atoms with Gasteiger partial charge in [-0.25, -0.2) is 0 Å². The normalized spacial score (nSPS) is 10.9. The van der Waals surface area contributed by atoms with Gasteiger partial charge in [-0.2, -0.15) is 0 Å². The van der Waals surface area contributed by atoms with Crippen LogP contribution in [0.1, 0.15) is 30.9 Å². The summed E-state index contributed by atoms with van der Waals surface area (Å²) in [6.07, 6.45) is 3.26. The van der Waals surface area contributed by atoms with Gasteiger partial charge >= 0.3 is 0 Å². The van der Waals surface area contributed by atoms with Crippen LogP contribution < -0.4 is 0 Å². The maximum atomic E-state index is 10.3. The Morgan fingerprint density at radius 3 is 2.69 bits per heavy atom. The molecule has 0 spiro atoms. The molecule has 1 heteroatoms. The van der Waals surface area contributed by atoms with Crippen molar-refractivity contribution in [2.24, 2.45) is 0 Å². The fraction of sp³-hybridized carbons (Fsp3) is 0.333. The van der Waals surface area contributed by atoms with Crippen LogP contribution in [-0.4, -0.2) is 5.11 Å². The van der Waals surface area contributed by atoms with E-state index in [1.807, 2.05) is 24.3 Å². The van der Waals surface area contributed by atoms with Gasteiger partial charge in [-0.15, -0.1) is 0 Å². The van der Waals surface area contributed by atoms with E-state index in [0.717, 1.165) is 35.6 Å². The highest BCUT2D eigenvalue weighted by molar-refractivity contribution is 5.90. The van der Waals surface area contributed by atoms with Crippen molar-refractivity contribution in [3.8, 4) is 5.75 Å². The topological polar surface area (TPSA) is 20.2 Å². The molecule has 0 amide bonds. The maximum absolute atomic E-state index is 10.3. The zero-order chi connectivity index (χ0) is 11.5. The molecule has 0 saturated carbocycles. The number of phenols is 1. The van der Waals surface area contributed by atoms with Gasteiger partial charge in [0.05, 0.1) is 0 Å². The summed E-state index contributed by atoms with van der Waals surface area (Å²) in [6.45, 7) is 4.25. The molecule has 84 valence electrons. The summed E-state index contributed by atoms with van der Waals surface area (Å²) in [5.74, 6) is 0.476. The lowest BCUT2D eigenvalue weighted by molar-refractivity contribution is 0.472. The monoisotopic (exact) mass is 214 g/mol. The van der Waals surface area contributed by atoms with Gasteiger partial charge in [0.2, 0.25) is 0 Å². The van der Waals surface area contributed by atoms with Gasteiger partial charge in [-0.05, 0) is 36.3 Å². The van der Waals surface area contributed by atoms with Crippen molar-refractivity contribution < 1.29 is 5.11 Å². The van der Waals surface area contributed by atoms with E-state index < -0.39 is 0 Å². The highest BCUT2D eigenvalue weighted by atomic mass is 16.3. The number of aryl methyl sites for hydroxylation is 1. The third-order valence-electron chi connectivity index (χ3n) is 3.13. The molecule has 0 atom stereocenters. The largest absolute Gasteiger partial charge is 0.507 e. The van der Waals surface area contributed by atoms with E-state index >= 15 is 0 Å². The fourth-order valence-electron chi connectivity index (χ4n) is 2.18. The van der Waals surface area contributed by atoms with Crippen LogP contribution in [0, 0.1) is 6.92 Å². The Labute approximate surface area is 96.7 Å². The van der Waals surface area contributed by atoms with Gasteiger partial charge in [-0.1, -0.05) is 43.7 Å². The molecular formula is C15H18O. The summed E-state index contributed by atoms with van der Waals surface area (Å²) < 4.78 is 0. The Balaban J connectivity index is 2.56. The Morgan fingerprint density at radius 1 is 1.19 bits per heavy atom. The van der Waals surface area contributed by atoms with E-state index in [4.69, 9.17) is 0 Å². The number of benzene rings is 2. The van der Waals surface area contributed by atoms with Gasteiger partial charge in [0.15, 0.2) is 0 Å². The summed E-state index contributed by atoms with van der Waals surface area (Å²) in [6, 6.07) is 10.2. The van der Waals surface area contributed by atoms with E-state index in [2.05, 4.69) is 19.9 Å². The first-order valence-electron chi connectivity index (χ1n) is 5.94. The molecule has 0 unspecified atom stereocenters. The molecule has 0 heterocycles. The Morgan fingerprint density at radius 2 is 1.94 bits per heavy atom. The molecule has 2 rings (SSSR count). The summed E-state index contributed by atoms with van der Waals surface area (Å²) >= 11 is 0. The molecule has 0 aliphatic rings. The van der Waals surface area contributed by atoms with Crippen molar-refractivity contribution in [1.29, 1.82) is 0 Å². The predicted octanol–water partition coefficient (Wildman–Crippen LogP) is 4.20. The summed E-state index contributed by atoms with van der Waals surface area (Å²) in [5.41, 5.74) is 2.31. The smallest absolute Gasteiger partial charge is 0.126 e. The number of hydrogen-bond acceptors (Lipinski definition) is 1. The number of hydrogen-bond donors (Lipinski definition) is 1. The number of phenolic OH excluding ortho intramolecular Hbond substituents is 1. The molecule has 16 heavy (non-hydrogen) atoms. The molecule has 0 fully saturated rings. The lowest BCUT2D eigenvalue weighted by Gasteiger charge is -2.11. The first-order valence-corrected chi connectivity index (χ1v) is 5.94. The molecule has 0 aromatic heterocycles. The minimum atomic E-state index is 0.476. The Bertz CT molecular complexity index is 500. The highest BCUT2D eigenvalue weighted by Crippen LogP contribution is 2.32. The van der Waals surface area contributed by atoms with Crippen LogP contribution in [0.25, 0.3) is 10.8 Å². The number of unbranched alkanes of at least 4 members (excludes halogenated alkanes) is 1. The van der Waals surface area contributed by atoms with Crippen LogP contribution in [0.3, 0.4) is 0 Å². The summed E-state index contributed by atoms with van der Waals surface area (Å²) in [5, 5.41) is 12.4. The quantitative estimate of drug-likeness (QED) is 0.812. The van der Waals surface area contributed by atoms with Crippen LogP contribution in [0.4, 0.5) is 0 Å². The van der Waals surface area contributed by atoms with Gasteiger partial charge in [0.1, 0.15) is 5.75 Å². The van der Waals surface area contributed by atoms with Gasteiger partial charge in [0.25, 0.3) is 0 Å². The second-order valence-electron chi connectivity index (χ2n) is 4.35. The third-order valence-corrected chi connectivity index (χ3v) is 3.13. The van der Waals surface area contributed by atoms with E-state index in [-0.39, 0.29) is 0 Å². The number of rotatable bonds is 3. The molecule has 2 aromatic carbocycles. The second-order valence-corrected chi connectivity index (χ2v) is 4.35. The SMILES string of the molecule is CCCCc1c(C)cc2ccccc2c1O. The zero-order valence-electron chi connectivity index (χ0n) is 9.96. The van der Waals surface area contributed by atoms with Crippen molar-refractivity contribution >= 4 is 10.8 Å². The van der Waals surface area contributed by atoms with Crippen molar-refractivity contribution in [2.45, 2.75) is 33.1 Å². The molecule has 0 radical (unpaired) electrons. The standard InChI is InChI=1S/C15H18O/c1-3-4-8-13-11(2)10-12-7-5-6-9-14(12)15(13)16/h5-7,9-10,16H,3-4,8H2,1-2H3. The van der Waals surface area contributed by atoms with Crippen LogP contribution in [0.15, 0.2) is 30.3 Å². The zero-order valence-corrected chi connectivity index (χ0v) is 9.96. The molecular weight excluding hydrogens is 196 g/mol.